The molecule has 2 aromatic carbocycles. The van der Waals surface area contributed by atoms with Crippen LogP contribution in [0, 0.1) is 5.92 Å². The third kappa shape index (κ3) is 5.14. The van der Waals surface area contributed by atoms with Crippen molar-refractivity contribution in [1.82, 2.24) is 14.3 Å². The second kappa shape index (κ2) is 10.1. The summed E-state index contributed by atoms with van der Waals surface area (Å²) in [6.45, 7) is 4.87. The third-order valence-electron chi connectivity index (χ3n) is 6.56. The van der Waals surface area contributed by atoms with Crippen LogP contribution in [0.4, 0.5) is 10.8 Å². The number of carbonyl (C=O) groups excluding carboxylic acids is 1. The molecule has 0 saturated carbocycles. The number of piperidine rings is 1. The number of piperazine rings is 1. The van der Waals surface area contributed by atoms with Crippen LogP contribution in [0.2, 0.25) is 5.02 Å². The van der Waals surface area contributed by atoms with Gasteiger partial charge in [0.1, 0.15) is 5.82 Å². The highest BCUT2D eigenvalue weighted by molar-refractivity contribution is 7.09. The summed E-state index contributed by atoms with van der Waals surface area (Å²) < 4.78 is 4.55. The van der Waals surface area contributed by atoms with E-state index in [-0.39, 0.29) is 5.92 Å². The van der Waals surface area contributed by atoms with Crippen molar-refractivity contribution in [2.75, 3.05) is 49.1 Å². The van der Waals surface area contributed by atoms with Crippen LogP contribution in [-0.2, 0) is 11.2 Å². The summed E-state index contributed by atoms with van der Waals surface area (Å²) >= 11 is 7.81. The highest BCUT2D eigenvalue weighted by Crippen LogP contribution is 2.29. The molecule has 2 aliphatic heterocycles. The number of hydrogen-bond acceptors (Lipinski definition) is 6. The van der Waals surface area contributed by atoms with Gasteiger partial charge in [-0.3, -0.25) is 4.79 Å². The first-order chi connectivity index (χ1) is 16.2. The first kappa shape index (κ1) is 22.2. The monoisotopic (exact) mass is 481 g/mol. The van der Waals surface area contributed by atoms with E-state index >= 15 is 0 Å². The van der Waals surface area contributed by atoms with Crippen LogP contribution in [0.15, 0.2) is 54.6 Å². The lowest BCUT2D eigenvalue weighted by molar-refractivity contribution is -0.136. The predicted molar refractivity (Wildman–Crippen MR) is 134 cm³/mol. The molecule has 6 nitrogen and oxygen atoms in total. The van der Waals surface area contributed by atoms with Gasteiger partial charge >= 0.3 is 0 Å². The summed E-state index contributed by atoms with van der Waals surface area (Å²) in [5, 5.41) is 1.74. The maximum Gasteiger partial charge on any atom is 0.225 e. The Balaban J connectivity index is 1.11. The molecule has 0 radical (unpaired) electrons. The van der Waals surface area contributed by atoms with E-state index in [1.54, 1.807) is 0 Å². The van der Waals surface area contributed by atoms with E-state index in [1.807, 2.05) is 47.4 Å². The average molecular weight is 482 g/mol. The Labute approximate surface area is 204 Å². The van der Waals surface area contributed by atoms with Gasteiger partial charge in [-0.1, -0.05) is 54.1 Å². The van der Waals surface area contributed by atoms with Gasteiger partial charge in [0.25, 0.3) is 0 Å². The zero-order valence-electron chi connectivity index (χ0n) is 18.6. The van der Waals surface area contributed by atoms with Gasteiger partial charge in [0.2, 0.25) is 11.0 Å². The smallest absolute Gasteiger partial charge is 0.225 e. The van der Waals surface area contributed by atoms with E-state index in [2.05, 4.69) is 26.3 Å². The lowest BCUT2D eigenvalue weighted by Crippen LogP contribution is -2.51. The van der Waals surface area contributed by atoms with Crippen LogP contribution in [-0.4, -0.2) is 59.4 Å². The molecular weight excluding hydrogens is 454 g/mol. The molecule has 172 valence electrons. The summed E-state index contributed by atoms with van der Waals surface area (Å²) in [5.41, 5.74) is 2.28. The van der Waals surface area contributed by atoms with Gasteiger partial charge in [0.15, 0.2) is 0 Å². The fourth-order valence-electron chi connectivity index (χ4n) is 4.68. The van der Waals surface area contributed by atoms with E-state index < -0.39 is 0 Å². The fourth-order valence-corrected chi connectivity index (χ4v) is 5.67. The first-order valence-corrected chi connectivity index (χ1v) is 12.7. The van der Waals surface area contributed by atoms with Crippen molar-refractivity contribution in [2.24, 2.45) is 5.92 Å². The molecule has 8 heteroatoms. The Morgan fingerprint density at radius 3 is 2.33 bits per heavy atom. The number of anilines is 2. The van der Waals surface area contributed by atoms with E-state index in [0.29, 0.717) is 5.91 Å². The number of aromatic nitrogens is 2. The van der Waals surface area contributed by atoms with Crippen molar-refractivity contribution in [3.63, 3.8) is 0 Å². The Morgan fingerprint density at radius 1 is 0.909 bits per heavy atom. The number of rotatable bonds is 5. The van der Waals surface area contributed by atoms with Crippen LogP contribution < -0.4 is 9.80 Å². The van der Waals surface area contributed by atoms with E-state index in [9.17, 15) is 4.79 Å². The zero-order valence-corrected chi connectivity index (χ0v) is 20.1. The summed E-state index contributed by atoms with van der Waals surface area (Å²) in [4.78, 5) is 24.5. The number of carbonyl (C=O) groups is 1. The topological polar surface area (TPSA) is 52.6 Å². The molecule has 0 atom stereocenters. The number of benzene rings is 2. The van der Waals surface area contributed by atoms with Crippen molar-refractivity contribution in [1.29, 1.82) is 0 Å². The van der Waals surface area contributed by atoms with Gasteiger partial charge in [-0.15, -0.1) is 0 Å². The summed E-state index contributed by atoms with van der Waals surface area (Å²) in [7, 11) is 0. The maximum atomic E-state index is 13.2. The van der Waals surface area contributed by atoms with Crippen molar-refractivity contribution < 1.29 is 4.79 Å². The van der Waals surface area contributed by atoms with Crippen molar-refractivity contribution >= 4 is 39.9 Å². The standard InChI is InChI=1S/C25H28ClN5OS/c26-21-8-4-5-9-22(21)29-14-16-30(17-15-29)24(32)20-10-12-31(13-11-20)25-27-23(28-33-25)18-19-6-2-1-3-7-19/h1-9,20H,10-18H2. The number of amides is 1. The molecule has 2 aliphatic rings. The second-order valence-electron chi connectivity index (χ2n) is 8.68. The number of hydrogen-bond donors (Lipinski definition) is 0. The highest BCUT2D eigenvalue weighted by atomic mass is 35.5. The summed E-state index contributed by atoms with van der Waals surface area (Å²) in [6, 6.07) is 18.2. The van der Waals surface area contributed by atoms with Gasteiger partial charge in [0, 0.05) is 63.1 Å². The summed E-state index contributed by atoms with van der Waals surface area (Å²) in [6.07, 6.45) is 2.50. The van der Waals surface area contributed by atoms with Crippen LogP contribution >= 0.6 is 23.1 Å². The molecule has 3 heterocycles. The average Bonchev–Trinajstić information content (AvgIpc) is 3.33. The fraction of sp³-hybridized carbons (Fsp3) is 0.400. The minimum atomic E-state index is 0.102. The van der Waals surface area contributed by atoms with E-state index in [0.717, 1.165) is 80.2 Å². The minimum absolute atomic E-state index is 0.102. The number of halogens is 1. The largest absolute Gasteiger partial charge is 0.367 e. The first-order valence-electron chi connectivity index (χ1n) is 11.6. The molecule has 33 heavy (non-hydrogen) atoms. The highest BCUT2D eigenvalue weighted by Gasteiger charge is 2.31. The van der Waals surface area contributed by atoms with Gasteiger partial charge in [0.05, 0.1) is 10.7 Å². The van der Waals surface area contributed by atoms with E-state index in [1.165, 1.54) is 17.1 Å². The molecule has 0 N–H and O–H groups in total. The van der Waals surface area contributed by atoms with Crippen LogP contribution in [0.25, 0.3) is 0 Å². The van der Waals surface area contributed by atoms with Gasteiger partial charge in [-0.05, 0) is 30.5 Å². The van der Waals surface area contributed by atoms with Crippen molar-refractivity contribution in [2.45, 2.75) is 19.3 Å². The summed E-state index contributed by atoms with van der Waals surface area (Å²) in [5.74, 6) is 1.27. The molecule has 2 saturated heterocycles. The third-order valence-corrected chi connectivity index (χ3v) is 7.70. The quantitative estimate of drug-likeness (QED) is 0.542. The molecule has 2 fully saturated rings. The minimum Gasteiger partial charge on any atom is -0.367 e. The van der Waals surface area contributed by atoms with Crippen LogP contribution in [0.1, 0.15) is 24.2 Å². The SMILES string of the molecule is O=C(C1CCN(c2nc(Cc3ccccc3)ns2)CC1)N1CCN(c2ccccc2Cl)CC1. The molecule has 3 aromatic rings. The molecule has 0 spiro atoms. The van der Waals surface area contributed by atoms with Crippen LogP contribution in [0.3, 0.4) is 0 Å². The predicted octanol–water partition coefficient (Wildman–Crippen LogP) is 4.35. The Hall–Kier alpha value is -2.64. The zero-order chi connectivity index (χ0) is 22.6. The molecule has 1 aromatic heterocycles. The molecule has 5 rings (SSSR count). The molecular formula is C25H28ClN5OS. The Kier molecular flexibility index (Phi) is 6.78. The molecule has 1 amide bonds. The van der Waals surface area contributed by atoms with Crippen molar-refractivity contribution in [3.8, 4) is 0 Å². The van der Waals surface area contributed by atoms with Crippen LogP contribution in [0.5, 0.6) is 0 Å². The Bertz CT molecular complexity index is 1080. The molecule has 0 aliphatic carbocycles. The number of nitrogens with zero attached hydrogens (tertiary/aromatic N) is 5. The Morgan fingerprint density at radius 2 is 1.61 bits per heavy atom. The number of para-hydroxylation sites is 1. The van der Waals surface area contributed by atoms with Gasteiger partial charge in [-0.2, -0.15) is 4.37 Å². The maximum absolute atomic E-state index is 13.2. The molecule has 0 unspecified atom stereocenters. The van der Waals surface area contributed by atoms with Gasteiger partial charge < -0.3 is 14.7 Å². The van der Waals surface area contributed by atoms with E-state index in [4.69, 9.17) is 16.6 Å². The lowest BCUT2D eigenvalue weighted by Gasteiger charge is -2.39. The lowest BCUT2D eigenvalue weighted by atomic mass is 9.95. The molecule has 0 bridgehead atoms. The van der Waals surface area contributed by atoms with Gasteiger partial charge in [-0.25, -0.2) is 4.98 Å². The van der Waals surface area contributed by atoms with Crippen molar-refractivity contribution in [3.05, 3.63) is 71.0 Å². The normalized spacial score (nSPS) is 17.4. The second-order valence-corrected chi connectivity index (χ2v) is 9.82.